The molecule has 0 radical (unpaired) electrons. The first kappa shape index (κ1) is 30.6. The van der Waals surface area contributed by atoms with E-state index in [9.17, 15) is 23.1 Å². The molecule has 3 atom stereocenters. The smallest absolute Gasteiger partial charge is 0.378 e. The van der Waals surface area contributed by atoms with Crippen molar-refractivity contribution in [3.05, 3.63) is 53.5 Å². The van der Waals surface area contributed by atoms with Crippen LogP contribution in [-0.4, -0.2) is 96.8 Å². The molecule has 0 saturated carbocycles. The topological polar surface area (TPSA) is 106 Å². The van der Waals surface area contributed by atoms with Crippen LogP contribution in [-0.2, 0) is 9.53 Å². The predicted molar refractivity (Wildman–Crippen MR) is 149 cm³/mol. The molecular weight excluding hydrogens is 577 g/mol. The Balaban J connectivity index is 1.56. The number of benzene rings is 1. The number of alkyl halides is 3. The van der Waals surface area contributed by atoms with Gasteiger partial charge < -0.3 is 30.3 Å². The van der Waals surface area contributed by atoms with E-state index < -0.39 is 52.3 Å². The van der Waals surface area contributed by atoms with Gasteiger partial charge in [0.25, 0.3) is 5.91 Å². The number of piperazine rings is 1. The predicted octanol–water partition coefficient (Wildman–Crippen LogP) is 3.02. The first-order valence-corrected chi connectivity index (χ1v) is 13.7. The maximum absolute atomic E-state index is 16.4. The number of nitrogens with one attached hydrogen (secondary N) is 2. The Morgan fingerprint density at radius 3 is 2.33 bits per heavy atom. The molecular formula is C28H32F5N7O3. The zero-order valence-corrected chi connectivity index (χ0v) is 23.8. The highest BCUT2D eigenvalue weighted by Gasteiger charge is 2.41. The Morgan fingerprint density at radius 1 is 1.09 bits per heavy atom. The number of aromatic nitrogens is 2. The molecule has 2 aromatic rings. The number of likely N-dealkylation sites (N-methyl/N-ethyl adjacent to an activating group) is 1. The van der Waals surface area contributed by atoms with Gasteiger partial charge in [-0.15, -0.1) is 0 Å². The SMILES string of the molecule is C[C@@H]1CN(c2cc(F)c(-c3cnc(N4CCOCC4)nc3)c(F)c2NC(=O)C2=CNC(O)C=C2C(F)(F)F)C[C@H](C)N1C. The molecule has 232 valence electrons. The Hall–Kier alpha value is -3.82. The lowest BCUT2D eigenvalue weighted by Gasteiger charge is -2.44. The molecule has 1 unspecified atom stereocenters. The number of aliphatic hydroxyl groups excluding tert-OH is 1. The third kappa shape index (κ3) is 6.28. The van der Waals surface area contributed by atoms with E-state index in [1.54, 1.807) is 4.90 Å². The van der Waals surface area contributed by atoms with E-state index in [1.807, 2.05) is 25.8 Å². The second kappa shape index (κ2) is 12.1. The zero-order valence-electron chi connectivity index (χ0n) is 23.8. The molecule has 2 fully saturated rings. The van der Waals surface area contributed by atoms with Crippen molar-refractivity contribution in [1.29, 1.82) is 0 Å². The van der Waals surface area contributed by atoms with Gasteiger partial charge in [-0.05, 0) is 27.0 Å². The summed E-state index contributed by atoms with van der Waals surface area (Å²) in [5, 5.41) is 14.2. The molecule has 43 heavy (non-hydrogen) atoms. The molecule has 3 N–H and O–H groups in total. The van der Waals surface area contributed by atoms with Gasteiger partial charge in [0, 0.05) is 68.5 Å². The molecule has 10 nitrogen and oxygen atoms in total. The fourth-order valence-corrected chi connectivity index (χ4v) is 5.38. The normalized spacial score (nSPS) is 23.4. The number of rotatable bonds is 5. The molecule has 0 spiro atoms. The highest BCUT2D eigenvalue weighted by Crippen LogP contribution is 2.40. The minimum absolute atomic E-state index is 0.0216. The van der Waals surface area contributed by atoms with Gasteiger partial charge in [-0.2, -0.15) is 13.2 Å². The second-order valence-corrected chi connectivity index (χ2v) is 10.8. The first-order valence-electron chi connectivity index (χ1n) is 13.7. The third-order valence-electron chi connectivity index (χ3n) is 7.92. The minimum Gasteiger partial charge on any atom is -0.378 e. The number of aliphatic hydroxyl groups is 1. The van der Waals surface area contributed by atoms with E-state index in [0.29, 0.717) is 57.6 Å². The van der Waals surface area contributed by atoms with Crippen LogP contribution in [0.4, 0.5) is 39.3 Å². The molecule has 1 aromatic carbocycles. The third-order valence-corrected chi connectivity index (χ3v) is 7.92. The zero-order chi connectivity index (χ0) is 31.1. The van der Waals surface area contributed by atoms with Crippen LogP contribution >= 0.6 is 0 Å². The van der Waals surface area contributed by atoms with E-state index >= 15 is 8.78 Å². The Labute approximate surface area is 244 Å². The van der Waals surface area contributed by atoms with Crippen LogP contribution in [0.25, 0.3) is 11.1 Å². The van der Waals surface area contributed by atoms with Gasteiger partial charge >= 0.3 is 6.18 Å². The molecule has 1 amide bonds. The van der Waals surface area contributed by atoms with Crippen molar-refractivity contribution >= 4 is 23.2 Å². The summed E-state index contributed by atoms with van der Waals surface area (Å²) < 4.78 is 78.7. The van der Waals surface area contributed by atoms with Crippen LogP contribution in [0.15, 0.2) is 41.9 Å². The molecule has 5 rings (SSSR count). The fourth-order valence-electron chi connectivity index (χ4n) is 5.38. The number of carbonyl (C=O) groups is 1. The largest absolute Gasteiger partial charge is 0.417 e. The molecule has 0 aliphatic carbocycles. The number of ether oxygens (including phenoxy) is 1. The van der Waals surface area contributed by atoms with Crippen LogP contribution in [0, 0.1) is 11.6 Å². The standard InChI is InChI=1S/C28H32F5N7O3/c1-15-13-40(14-16(2)38(15)3)21-9-20(29)23(17-10-35-27(36-11-17)39-4-6-43-7-5-39)24(30)25(21)37-26(42)18-12-34-22(41)8-19(18)28(31,32)33/h8-12,15-16,22,34,41H,4-7,13-14H2,1-3H3,(H,37,42)/t15-,16+,22?. The van der Waals surface area contributed by atoms with E-state index in [2.05, 4.69) is 25.5 Å². The fraction of sp³-hybridized carbons (Fsp3) is 0.464. The Morgan fingerprint density at radius 2 is 1.72 bits per heavy atom. The number of hydrogen-bond donors (Lipinski definition) is 3. The highest BCUT2D eigenvalue weighted by molar-refractivity contribution is 6.09. The van der Waals surface area contributed by atoms with Crippen LogP contribution in [0.2, 0.25) is 0 Å². The molecule has 4 heterocycles. The average Bonchev–Trinajstić information content (AvgIpc) is 2.97. The van der Waals surface area contributed by atoms with Gasteiger partial charge in [0.15, 0.2) is 5.82 Å². The van der Waals surface area contributed by atoms with Crippen molar-refractivity contribution in [3.63, 3.8) is 0 Å². The van der Waals surface area contributed by atoms with Crippen LogP contribution in [0.1, 0.15) is 13.8 Å². The van der Waals surface area contributed by atoms with Crippen LogP contribution < -0.4 is 20.4 Å². The number of morpholine rings is 1. The lowest BCUT2D eigenvalue weighted by Crippen LogP contribution is -2.55. The number of amides is 1. The van der Waals surface area contributed by atoms with Gasteiger partial charge in [-0.25, -0.2) is 18.7 Å². The molecule has 0 bridgehead atoms. The van der Waals surface area contributed by atoms with Crippen molar-refractivity contribution in [2.24, 2.45) is 0 Å². The number of dihydropyridines is 1. The summed E-state index contributed by atoms with van der Waals surface area (Å²) in [6.07, 6.45) is -2.99. The Bertz CT molecular complexity index is 1420. The minimum atomic E-state index is -4.98. The van der Waals surface area contributed by atoms with Crippen LogP contribution in [0.3, 0.4) is 0 Å². The number of carbonyl (C=O) groups excluding carboxylic acids is 1. The van der Waals surface area contributed by atoms with E-state index in [4.69, 9.17) is 4.74 Å². The summed E-state index contributed by atoms with van der Waals surface area (Å²) in [6, 6.07) is 0.989. The molecule has 1 aromatic heterocycles. The molecule has 3 aliphatic heterocycles. The monoisotopic (exact) mass is 609 g/mol. The van der Waals surface area contributed by atoms with Gasteiger partial charge in [-0.3, -0.25) is 9.69 Å². The lowest BCUT2D eigenvalue weighted by molar-refractivity contribution is -0.115. The summed E-state index contributed by atoms with van der Waals surface area (Å²) in [7, 11) is 1.92. The molecule has 3 aliphatic rings. The number of hydrogen-bond acceptors (Lipinski definition) is 9. The Kier molecular flexibility index (Phi) is 8.58. The number of halogens is 5. The van der Waals surface area contributed by atoms with Gasteiger partial charge in [-0.1, -0.05) is 0 Å². The summed E-state index contributed by atoms with van der Waals surface area (Å²) >= 11 is 0. The number of nitrogens with zero attached hydrogens (tertiary/aromatic N) is 5. The van der Waals surface area contributed by atoms with Crippen molar-refractivity contribution in [1.82, 2.24) is 20.2 Å². The maximum Gasteiger partial charge on any atom is 0.417 e. The van der Waals surface area contributed by atoms with E-state index in [0.717, 1.165) is 6.07 Å². The number of anilines is 3. The maximum atomic E-state index is 16.4. The summed E-state index contributed by atoms with van der Waals surface area (Å²) in [5.41, 5.74) is -3.34. The van der Waals surface area contributed by atoms with Gasteiger partial charge in [0.2, 0.25) is 5.95 Å². The van der Waals surface area contributed by atoms with E-state index in [1.165, 1.54) is 12.4 Å². The van der Waals surface area contributed by atoms with Gasteiger partial charge in [0.05, 0.1) is 35.6 Å². The lowest BCUT2D eigenvalue weighted by atomic mass is 10.0. The molecule has 2 saturated heterocycles. The van der Waals surface area contributed by atoms with E-state index in [-0.39, 0.29) is 23.3 Å². The van der Waals surface area contributed by atoms with Crippen molar-refractivity contribution in [2.45, 2.75) is 38.3 Å². The first-order chi connectivity index (χ1) is 20.3. The van der Waals surface area contributed by atoms with Crippen LogP contribution in [0.5, 0.6) is 0 Å². The summed E-state index contributed by atoms with van der Waals surface area (Å²) in [6.45, 7) is 6.60. The summed E-state index contributed by atoms with van der Waals surface area (Å²) in [4.78, 5) is 27.4. The highest BCUT2D eigenvalue weighted by atomic mass is 19.4. The van der Waals surface area contributed by atoms with Gasteiger partial charge in [0.1, 0.15) is 17.7 Å². The van der Waals surface area contributed by atoms with Crippen molar-refractivity contribution < 1.29 is 36.6 Å². The second-order valence-electron chi connectivity index (χ2n) is 10.8. The summed E-state index contributed by atoms with van der Waals surface area (Å²) in [5.74, 6) is -3.09. The average molecular weight is 610 g/mol. The van der Waals surface area contributed by atoms with Crippen molar-refractivity contribution in [3.8, 4) is 11.1 Å². The molecule has 15 heteroatoms. The quantitative estimate of drug-likeness (QED) is 0.442. The van der Waals surface area contributed by atoms with Crippen molar-refractivity contribution in [2.75, 3.05) is 61.6 Å².